The van der Waals surface area contributed by atoms with Gasteiger partial charge in [0.2, 0.25) is 0 Å². The maximum Gasteiger partial charge on any atom is 0.117 e. The predicted octanol–water partition coefficient (Wildman–Crippen LogP) is 3.52. The normalized spacial score (nSPS) is 27.1. The van der Waals surface area contributed by atoms with Crippen molar-refractivity contribution in [2.45, 2.75) is 46.1 Å². The minimum atomic E-state index is 0.448. The van der Waals surface area contributed by atoms with Crippen LogP contribution in [0.3, 0.4) is 0 Å². The molecule has 3 nitrogen and oxygen atoms in total. The highest BCUT2D eigenvalue weighted by Crippen LogP contribution is 2.39. The Bertz CT molecular complexity index is 366. The third kappa shape index (κ3) is 4.10. The van der Waals surface area contributed by atoms with Crippen LogP contribution >= 0.6 is 0 Å². The molecule has 1 aromatic heterocycles. The third-order valence-corrected chi connectivity index (χ3v) is 4.85. The molecule has 0 saturated heterocycles. The second-order valence-electron chi connectivity index (χ2n) is 6.60. The molecule has 1 aromatic rings. The Hall–Kier alpha value is -0.800. The van der Waals surface area contributed by atoms with Gasteiger partial charge in [0, 0.05) is 13.1 Å². The number of nitrogens with zero attached hydrogens (tertiary/aromatic N) is 1. The van der Waals surface area contributed by atoms with Crippen LogP contribution in [0.1, 0.15) is 45.3 Å². The Labute approximate surface area is 123 Å². The molecule has 3 heteroatoms. The minimum Gasteiger partial charge on any atom is -0.468 e. The van der Waals surface area contributed by atoms with Gasteiger partial charge in [0.25, 0.3) is 0 Å². The Balaban J connectivity index is 1.98. The molecular formula is C17H30N2O. The van der Waals surface area contributed by atoms with E-state index in [2.05, 4.69) is 37.2 Å². The molecule has 1 fully saturated rings. The van der Waals surface area contributed by atoms with Crippen LogP contribution in [0.25, 0.3) is 0 Å². The first-order valence-electron chi connectivity index (χ1n) is 8.07. The number of hydrogen-bond donors (Lipinski definition) is 1. The largest absolute Gasteiger partial charge is 0.468 e. The highest BCUT2D eigenvalue weighted by atomic mass is 16.3. The Morgan fingerprint density at radius 1 is 1.40 bits per heavy atom. The van der Waals surface area contributed by atoms with Crippen LogP contribution in [0, 0.1) is 11.3 Å². The smallest absolute Gasteiger partial charge is 0.117 e. The van der Waals surface area contributed by atoms with Crippen LogP contribution in [0.15, 0.2) is 22.8 Å². The average Bonchev–Trinajstić information content (AvgIpc) is 2.95. The number of nitrogens with one attached hydrogen (secondary N) is 1. The van der Waals surface area contributed by atoms with Gasteiger partial charge in [-0.05, 0) is 49.9 Å². The van der Waals surface area contributed by atoms with Crippen molar-refractivity contribution in [3.63, 3.8) is 0 Å². The fraction of sp³-hybridized carbons (Fsp3) is 0.765. The highest BCUT2D eigenvalue weighted by Gasteiger charge is 2.35. The summed E-state index contributed by atoms with van der Waals surface area (Å²) in [6, 6.07) is 4.06. The molecular weight excluding hydrogens is 248 g/mol. The zero-order valence-corrected chi connectivity index (χ0v) is 13.3. The highest BCUT2D eigenvalue weighted by molar-refractivity contribution is 4.98. The van der Waals surface area contributed by atoms with E-state index in [9.17, 15) is 0 Å². The van der Waals surface area contributed by atoms with Gasteiger partial charge in [-0.25, -0.2) is 0 Å². The molecule has 1 saturated carbocycles. The van der Waals surface area contributed by atoms with Crippen LogP contribution in [0.4, 0.5) is 0 Å². The van der Waals surface area contributed by atoms with Crippen LogP contribution < -0.4 is 5.32 Å². The van der Waals surface area contributed by atoms with Gasteiger partial charge in [0.05, 0.1) is 12.8 Å². The summed E-state index contributed by atoms with van der Waals surface area (Å²) in [6.45, 7) is 8.98. The van der Waals surface area contributed by atoms with Gasteiger partial charge in [-0.15, -0.1) is 0 Å². The van der Waals surface area contributed by atoms with Crippen molar-refractivity contribution in [1.29, 1.82) is 0 Å². The second kappa shape index (κ2) is 7.28. The van der Waals surface area contributed by atoms with Gasteiger partial charge in [-0.1, -0.05) is 26.7 Å². The SMILES string of the molecule is CCN(Cc1ccco1)CC1(CNC)CCC(C)CC1. The van der Waals surface area contributed by atoms with E-state index >= 15 is 0 Å². The van der Waals surface area contributed by atoms with Crippen molar-refractivity contribution in [3.05, 3.63) is 24.2 Å². The Morgan fingerprint density at radius 2 is 2.15 bits per heavy atom. The summed E-state index contributed by atoms with van der Waals surface area (Å²) < 4.78 is 5.51. The van der Waals surface area contributed by atoms with Crippen LogP contribution in [0.2, 0.25) is 0 Å². The average molecular weight is 278 g/mol. The molecule has 1 aliphatic rings. The summed E-state index contributed by atoms with van der Waals surface area (Å²) in [5.74, 6) is 1.98. The van der Waals surface area contributed by atoms with Gasteiger partial charge in [0.15, 0.2) is 0 Å². The minimum absolute atomic E-state index is 0.448. The molecule has 0 bridgehead atoms. The third-order valence-electron chi connectivity index (χ3n) is 4.85. The van der Waals surface area contributed by atoms with Crippen molar-refractivity contribution in [1.82, 2.24) is 10.2 Å². The van der Waals surface area contributed by atoms with E-state index in [0.29, 0.717) is 5.41 Å². The summed E-state index contributed by atoms with van der Waals surface area (Å²) in [6.07, 6.45) is 7.22. The summed E-state index contributed by atoms with van der Waals surface area (Å²) in [5.41, 5.74) is 0.448. The molecule has 0 aliphatic heterocycles. The number of furan rings is 1. The van der Waals surface area contributed by atoms with Crippen LogP contribution in [0.5, 0.6) is 0 Å². The predicted molar refractivity (Wildman–Crippen MR) is 83.7 cm³/mol. The van der Waals surface area contributed by atoms with Crippen LogP contribution in [-0.4, -0.2) is 31.6 Å². The molecule has 0 aromatic carbocycles. The molecule has 0 spiro atoms. The molecule has 2 rings (SSSR count). The van der Waals surface area contributed by atoms with E-state index in [1.807, 2.05) is 6.07 Å². The summed E-state index contributed by atoms with van der Waals surface area (Å²) in [4.78, 5) is 2.53. The lowest BCUT2D eigenvalue weighted by Gasteiger charge is -2.42. The second-order valence-corrected chi connectivity index (χ2v) is 6.60. The Morgan fingerprint density at radius 3 is 2.70 bits per heavy atom. The topological polar surface area (TPSA) is 28.4 Å². The zero-order chi connectivity index (χ0) is 14.4. The van der Waals surface area contributed by atoms with Gasteiger partial charge >= 0.3 is 0 Å². The van der Waals surface area contributed by atoms with E-state index in [-0.39, 0.29) is 0 Å². The summed E-state index contributed by atoms with van der Waals surface area (Å²) in [7, 11) is 2.09. The molecule has 20 heavy (non-hydrogen) atoms. The number of hydrogen-bond acceptors (Lipinski definition) is 3. The monoisotopic (exact) mass is 278 g/mol. The Kier molecular flexibility index (Phi) is 5.67. The van der Waals surface area contributed by atoms with Crippen molar-refractivity contribution in [2.75, 3.05) is 26.7 Å². The first kappa shape index (κ1) is 15.6. The van der Waals surface area contributed by atoms with E-state index < -0.39 is 0 Å². The van der Waals surface area contributed by atoms with Gasteiger partial charge in [0.1, 0.15) is 5.76 Å². The van der Waals surface area contributed by atoms with Gasteiger partial charge < -0.3 is 9.73 Å². The van der Waals surface area contributed by atoms with E-state index in [1.54, 1.807) is 6.26 Å². The van der Waals surface area contributed by atoms with Gasteiger partial charge in [-0.3, -0.25) is 4.90 Å². The first-order chi connectivity index (χ1) is 9.67. The molecule has 1 aliphatic carbocycles. The maximum atomic E-state index is 5.51. The lowest BCUT2D eigenvalue weighted by molar-refractivity contribution is 0.0836. The fourth-order valence-corrected chi connectivity index (χ4v) is 3.52. The van der Waals surface area contributed by atoms with Crippen molar-refractivity contribution in [2.24, 2.45) is 11.3 Å². The maximum absolute atomic E-state index is 5.51. The van der Waals surface area contributed by atoms with Gasteiger partial charge in [-0.2, -0.15) is 0 Å². The molecule has 1 N–H and O–H groups in total. The summed E-state index contributed by atoms with van der Waals surface area (Å²) in [5, 5.41) is 3.43. The van der Waals surface area contributed by atoms with Crippen molar-refractivity contribution >= 4 is 0 Å². The lowest BCUT2D eigenvalue weighted by atomic mass is 9.70. The summed E-state index contributed by atoms with van der Waals surface area (Å²) >= 11 is 0. The molecule has 1 heterocycles. The van der Waals surface area contributed by atoms with E-state index in [4.69, 9.17) is 4.42 Å². The standard InChI is InChI=1S/C17H30N2O/c1-4-19(12-16-6-5-11-20-16)14-17(13-18-3)9-7-15(2)8-10-17/h5-6,11,15,18H,4,7-10,12-14H2,1-3H3. The van der Waals surface area contributed by atoms with Crippen molar-refractivity contribution < 1.29 is 4.42 Å². The molecule has 0 unspecified atom stereocenters. The number of rotatable bonds is 7. The quantitative estimate of drug-likeness (QED) is 0.827. The molecule has 0 amide bonds. The molecule has 0 radical (unpaired) electrons. The lowest BCUT2D eigenvalue weighted by Crippen LogP contribution is -2.45. The van der Waals surface area contributed by atoms with E-state index in [0.717, 1.165) is 31.3 Å². The zero-order valence-electron chi connectivity index (χ0n) is 13.3. The molecule has 114 valence electrons. The van der Waals surface area contributed by atoms with Crippen LogP contribution in [-0.2, 0) is 6.54 Å². The fourth-order valence-electron chi connectivity index (χ4n) is 3.52. The first-order valence-corrected chi connectivity index (χ1v) is 8.07. The molecule has 0 atom stereocenters. The van der Waals surface area contributed by atoms with Crippen molar-refractivity contribution in [3.8, 4) is 0 Å². The van der Waals surface area contributed by atoms with E-state index in [1.165, 1.54) is 32.2 Å².